The first-order valence-corrected chi connectivity index (χ1v) is 9.46. The molecule has 3 aromatic heterocycles. The maximum Gasteiger partial charge on any atom is 0.217 e. The molecule has 1 saturated carbocycles. The van der Waals surface area contributed by atoms with E-state index in [9.17, 15) is 4.79 Å². The fourth-order valence-corrected chi connectivity index (χ4v) is 3.53. The zero-order valence-corrected chi connectivity index (χ0v) is 15.6. The average molecular weight is 393 g/mol. The minimum Gasteiger partial charge on any atom is -0.351 e. The van der Waals surface area contributed by atoms with Gasteiger partial charge in [-0.3, -0.25) is 9.89 Å². The molecule has 0 bridgehead atoms. The molecule has 1 aliphatic rings. The molecule has 0 saturated heterocycles. The van der Waals surface area contributed by atoms with Gasteiger partial charge in [0.2, 0.25) is 5.91 Å². The Balaban J connectivity index is 0.00000140. The number of rotatable bonds is 6. The van der Waals surface area contributed by atoms with Crippen molar-refractivity contribution in [3.8, 4) is 10.7 Å². The van der Waals surface area contributed by atoms with E-state index in [1.807, 2.05) is 18.2 Å². The van der Waals surface area contributed by atoms with Crippen molar-refractivity contribution >= 4 is 40.5 Å². The van der Waals surface area contributed by atoms with Crippen LogP contribution in [0, 0.1) is 0 Å². The normalized spacial score (nSPS) is 13.6. The van der Waals surface area contributed by atoms with Crippen molar-refractivity contribution in [2.24, 2.45) is 0 Å². The Labute approximate surface area is 162 Å². The number of amides is 1. The molecule has 0 radical (unpaired) electrons. The lowest BCUT2D eigenvalue weighted by atomic mass is 10.3. The molecule has 0 unspecified atom stereocenters. The molecule has 0 atom stereocenters. The number of carbonyl (C=O) groups excluding carboxylic acids is 1. The Morgan fingerprint density at radius 1 is 1.46 bits per heavy atom. The van der Waals surface area contributed by atoms with Crippen LogP contribution in [0.15, 0.2) is 24.4 Å². The van der Waals surface area contributed by atoms with Gasteiger partial charge in [-0.1, -0.05) is 11.6 Å². The molecule has 3 N–H and O–H groups in total. The number of nitrogens with one attached hydrogen (secondary N) is 3. The highest BCUT2D eigenvalue weighted by Gasteiger charge is 2.25. The summed E-state index contributed by atoms with van der Waals surface area (Å²) < 4.78 is 0. The number of nitrogens with zero attached hydrogens (tertiary/aromatic N) is 3. The maximum absolute atomic E-state index is 11.0. The van der Waals surface area contributed by atoms with Gasteiger partial charge in [0.05, 0.1) is 17.6 Å². The Hall–Kier alpha value is -2.45. The van der Waals surface area contributed by atoms with Crippen LogP contribution in [-0.2, 0) is 11.3 Å². The Morgan fingerprint density at radius 3 is 3.08 bits per heavy atom. The fraction of sp³-hybridized carbons (Fsp3) is 0.294. The Kier molecular flexibility index (Phi) is 4.60. The van der Waals surface area contributed by atoms with Gasteiger partial charge in [-0.05, 0) is 25.0 Å². The lowest BCUT2D eigenvalue weighted by Gasteiger charge is -2.05. The van der Waals surface area contributed by atoms with Crippen LogP contribution in [0.1, 0.15) is 39.1 Å². The molecular formula is C17H21ClN6OS. The van der Waals surface area contributed by atoms with Crippen molar-refractivity contribution in [3.05, 3.63) is 40.0 Å². The summed E-state index contributed by atoms with van der Waals surface area (Å²) in [5.41, 5.74) is 1.14. The van der Waals surface area contributed by atoms with E-state index in [1.54, 1.807) is 6.20 Å². The largest absolute Gasteiger partial charge is 0.351 e. The first-order chi connectivity index (χ1) is 12.6. The molecule has 1 fully saturated rings. The van der Waals surface area contributed by atoms with Gasteiger partial charge in [-0.25, -0.2) is 9.97 Å². The van der Waals surface area contributed by atoms with E-state index in [4.69, 9.17) is 11.6 Å². The molecule has 9 heteroatoms. The zero-order valence-electron chi connectivity index (χ0n) is 14.0. The maximum atomic E-state index is 11.0. The molecule has 0 aliphatic heterocycles. The standard InChI is InChI=1S/C17H17ClN6OS.2H2/c1-9(25)19-7-11-4-5-14(26-11)17-20-8-12(18)16(22-17)21-15-6-13(23-24-15)10-2-3-10;;/h4-6,8,10H,2-3,7H2,1H3,(H,19,25)(H2,20,21,22,23,24);2*1H. The van der Waals surface area contributed by atoms with Gasteiger partial charge in [0.15, 0.2) is 17.5 Å². The fourth-order valence-electron chi connectivity index (χ4n) is 2.50. The molecule has 1 aliphatic carbocycles. The average Bonchev–Trinajstić information content (AvgIpc) is 3.17. The minimum absolute atomic E-state index is 0. The van der Waals surface area contributed by atoms with E-state index >= 15 is 0 Å². The molecule has 3 heterocycles. The molecule has 138 valence electrons. The predicted octanol–water partition coefficient (Wildman–Crippen LogP) is 4.33. The number of hydrogen-bond acceptors (Lipinski definition) is 6. The lowest BCUT2D eigenvalue weighted by molar-refractivity contribution is -0.119. The Bertz CT molecular complexity index is 959. The highest BCUT2D eigenvalue weighted by molar-refractivity contribution is 7.15. The van der Waals surface area contributed by atoms with Crippen molar-refractivity contribution in [1.82, 2.24) is 25.5 Å². The van der Waals surface area contributed by atoms with Gasteiger partial charge in [0.1, 0.15) is 5.02 Å². The van der Waals surface area contributed by atoms with E-state index in [0.29, 0.717) is 34.9 Å². The molecule has 0 aromatic carbocycles. The van der Waals surface area contributed by atoms with Crippen molar-refractivity contribution in [2.45, 2.75) is 32.2 Å². The summed E-state index contributed by atoms with van der Waals surface area (Å²) in [7, 11) is 0. The number of H-pyrrole nitrogens is 1. The second-order valence-electron chi connectivity index (χ2n) is 6.17. The molecule has 4 rings (SSSR count). The summed E-state index contributed by atoms with van der Waals surface area (Å²) in [5.74, 6) is 2.33. The van der Waals surface area contributed by atoms with Crippen LogP contribution in [0.5, 0.6) is 0 Å². The number of aromatic amines is 1. The lowest BCUT2D eigenvalue weighted by Crippen LogP contribution is -2.17. The smallest absolute Gasteiger partial charge is 0.217 e. The summed E-state index contributed by atoms with van der Waals surface area (Å²) in [6.07, 6.45) is 3.99. The van der Waals surface area contributed by atoms with Gasteiger partial charge in [-0.2, -0.15) is 5.10 Å². The third kappa shape index (κ3) is 3.86. The second-order valence-corrected chi connectivity index (χ2v) is 7.75. The van der Waals surface area contributed by atoms with Gasteiger partial charge in [-0.15, -0.1) is 11.3 Å². The van der Waals surface area contributed by atoms with Crippen LogP contribution < -0.4 is 10.6 Å². The van der Waals surface area contributed by atoms with Crippen molar-refractivity contribution < 1.29 is 7.65 Å². The van der Waals surface area contributed by atoms with Crippen molar-refractivity contribution in [2.75, 3.05) is 5.32 Å². The first-order valence-electron chi connectivity index (χ1n) is 8.27. The van der Waals surface area contributed by atoms with Gasteiger partial charge in [0, 0.05) is 32.3 Å². The van der Waals surface area contributed by atoms with Crippen LogP contribution >= 0.6 is 22.9 Å². The molecule has 26 heavy (non-hydrogen) atoms. The van der Waals surface area contributed by atoms with E-state index in [-0.39, 0.29) is 8.76 Å². The molecule has 0 spiro atoms. The molecular weight excluding hydrogens is 372 g/mol. The van der Waals surface area contributed by atoms with E-state index in [2.05, 4.69) is 30.8 Å². The summed E-state index contributed by atoms with van der Waals surface area (Å²) in [4.78, 5) is 21.8. The highest BCUT2D eigenvalue weighted by Crippen LogP contribution is 2.40. The van der Waals surface area contributed by atoms with Crippen LogP contribution in [0.25, 0.3) is 10.7 Å². The number of hydrogen-bond donors (Lipinski definition) is 3. The number of anilines is 2. The van der Waals surface area contributed by atoms with E-state index < -0.39 is 0 Å². The third-order valence-electron chi connectivity index (χ3n) is 4.00. The number of halogens is 1. The highest BCUT2D eigenvalue weighted by atomic mass is 35.5. The summed E-state index contributed by atoms with van der Waals surface area (Å²) in [6, 6.07) is 5.89. The van der Waals surface area contributed by atoms with Crippen LogP contribution in [0.2, 0.25) is 5.02 Å². The number of thiophene rings is 1. The number of aromatic nitrogens is 4. The summed E-state index contributed by atoms with van der Waals surface area (Å²) in [5, 5.41) is 13.7. The van der Waals surface area contributed by atoms with Gasteiger partial charge >= 0.3 is 0 Å². The SMILES string of the molecule is CC(=O)NCc1ccc(-c2ncc(Cl)c(Nc3cc(C4CC4)[nH]n3)n2)s1.[HH].[HH]. The van der Waals surface area contributed by atoms with E-state index in [1.165, 1.54) is 31.1 Å². The van der Waals surface area contributed by atoms with Gasteiger partial charge in [0.25, 0.3) is 0 Å². The molecule has 1 amide bonds. The quantitative estimate of drug-likeness (QED) is 0.580. The topological polar surface area (TPSA) is 95.6 Å². The predicted molar refractivity (Wildman–Crippen MR) is 106 cm³/mol. The zero-order chi connectivity index (χ0) is 18.1. The molecule has 7 nitrogen and oxygen atoms in total. The molecule has 3 aromatic rings. The van der Waals surface area contributed by atoms with Crippen LogP contribution in [0.3, 0.4) is 0 Å². The van der Waals surface area contributed by atoms with Crippen molar-refractivity contribution in [3.63, 3.8) is 0 Å². The van der Waals surface area contributed by atoms with Crippen LogP contribution in [0.4, 0.5) is 11.6 Å². The summed E-state index contributed by atoms with van der Waals surface area (Å²) in [6.45, 7) is 1.99. The minimum atomic E-state index is -0.0567. The van der Waals surface area contributed by atoms with E-state index in [0.717, 1.165) is 15.4 Å². The monoisotopic (exact) mass is 392 g/mol. The van der Waals surface area contributed by atoms with Crippen LogP contribution in [-0.4, -0.2) is 26.1 Å². The third-order valence-corrected chi connectivity index (χ3v) is 5.36. The van der Waals surface area contributed by atoms with Crippen molar-refractivity contribution in [1.29, 1.82) is 0 Å². The van der Waals surface area contributed by atoms with Gasteiger partial charge < -0.3 is 10.6 Å². The second kappa shape index (κ2) is 7.05. The summed E-state index contributed by atoms with van der Waals surface area (Å²) >= 11 is 7.77. The Morgan fingerprint density at radius 2 is 2.31 bits per heavy atom. The first kappa shape index (κ1) is 17.0. The number of carbonyl (C=O) groups is 1.